The number of nitrogen functional groups attached to an aromatic ring is 1. The largest absolute Gasteiger partial charge is 0.489 e. The molecular weight excluding hydrogens is 228 g/mol. The Bertz CT molecular complexity index is 550. The zero-order valence-electron chi connectivity index (χ0n) is 10.1. The van der Waals surface area contributed by atoms with Crippen LogP contribution in [0.3, 0.4) is 0 Å². The van der Waals surface area contributed by atoms with Crippen molar-refractivity contribution >= 4 is 16.6 Å². The van der Waals surface area contributed by atoms with Gasteiger partial charge in [0.25, 0.3) is 0 Å². The molecule has 1 fully saturated rings. The smallest absolute Gasteiger partial charge is 0.130 e. The molecule has 4 nitrogen and oxygen atoms in total. The molecule has 2 aromatic rings. The molecule has 0 radical (unpaired) electrons. The van der Waals surface area contributed by atoms with Gasteiger partial charge in [0.2, 0.25) is 0 Å². The van der Waals surface area contributed by atoms with Crippen LogP contribution in [0.2, 0.25) is 0 Å². The average Bonchev–Trinajstić information content (AvgIpc) is 2.40. The number of nitrogens with zero attached hydrogens (tertiary/aromatic N) is 1. The highest BCUT2D eigenvalue weighted by atomic mass is 16.5. The van der Waals surface area contributed by atoms with E-state index in [4.69, 9.17) is 15.2 Å². The minimum atomic E-state index is 0.238. The first kappa shape index (κ1) is 11.3. The van der Waals surface area contributed by atoms with Crippen molar-refractivity contribution in [2.24, 2.45) is 0 Å². The van der Waals surface area contributed by atoms with Crippen LogP contribution in [0.5, 0.6) is 5.75 Å². The Morgan fingerprint density at radius 2 is 2.06 bits per heavy atom. The van der Waals surface area contributed by atoms with Crippen LogP contribution in [0.4, 0.5) is 5.69 Å². The summed E-state index contributed by atoms with van der Waals surface area (Å²) in [5.41, 5.74) is 7.36. The highest BCUT2D eigenvalue weighted by Gasteiger charge is 2.16. The van der Waals surface area contributed by atoms with Gasteiger partial charge in [0.1, 0.15) is 11.9 Å². The highest BCUT2D eigenvalue weighted by molar-refractivity contribution is 5.87. The Labute approximate surface area is 106 Å². The van der Waals surface area contributed by atoms with Gasteiger partial charge in [0.05, 0.1) is 18.7 Å². The van der Waals surface area contributed by atoms with Gasteiger partial charge in [-0.05, 0) is 24.3 Å². The predicted octanol–water partition coefficient (Wildman–Crippen LogP) is 2.37. The lowest BCUT2D eigenvalue weighted by Crippen LogP contribution is -2.25. The number of hydrogen-bond donors (Lipinski definition) is 1. The van der Waals surface area contributed by atoms with Crippen molar-refractivity contribution in [3.63, 3.8) is 0 Å². The number of fused-ring (bicyclic) bond motifs is 1. The summed E-state index contributed by atoms with van der Waals surface area (Å²) in [5.74, 6) is 0.881. The number of nitrogens with two attached hydrogens (primary N) is 1. The van der Waals surface area contributed by atoms with Crippen LogP contribution >= 0.6 is 0 Å². The van der Waals surface area contributed by atoms with Gasteiger partial charge in [0, 0.05) is 30.1 Å². The maximum Gasteiger partial charge on any atom is 0.130 e. The van der Waals surface area contributed by atoms with Gasteiger partial charge in [-0.15, -0.1) is 0 Å². The van der Waals surface area contributed by atoms with E-state index in [1.54, 1.807) is 6.20 Å². The van der Waals surface area contributed by atoms with Crippen LogP contribution in [0.15, 0.2) is 30.5 Å². The second-order valence-corrected chi connectivity index (χ2v) is 4.52. The Kier molecular flexibility index (Phi) is 3.02. The van der Waals surface area contributed by atoms with Crippen molar-refractivity contribution in [2.45, 2.75) is 18.9 Å². The fourth-order valence-corrected chi connectivity index (χ4v) is 2.22. The Morgan fingerprint density at radius 1 is 1.22 bits per heavy atom. The summed E-state index contributed by atoms with van der Waals surface area (Å²) in [4.78, 5) is 4.31. The summed E-state index contributed by atoms with van der Waals surface area (Å²) >= 11 is 0. The van der Waals surface area contributed by atoms with Gasteiger partial charge < -0.3 is 15.2 Å². The second-order valence-electron chi connectivity index (χ2n) is 4.52. The summed E-state index contributed by atoms with van der Waals surface area (Å²) in [6.07, 6.45) is 3.88. The summed E-state index contributed by atoms with van der Waals surface area (Å²) in [7, 11) is 0. The lowest BCUT2D eigenvalue weighted by Gasteiger charge is -2.23. The monoisotopic (exact) mass is 244 g/mol. The van der Waals surface area contributed by atoms with Crippen molar-refractivity contribution in [3.8, 4) is 5.75 Å². The molecule has 1 saturated heterocycles. The van der Waals surface area contributed by atoms with E-state index in [9.17, 15) is 0 Å². The number of hydrogen-bond acceptors (Lipinski definition) is 4. The first-order valence-electron chi connectivity index (χ1n) is 6.21. The maximum atomic E-state index is 6.05. The molecule has 0 amide bonds. The third-order valence-electron chi connectivity index (χ3n) is 3.19. The van der Waals surface area contributed by atoms with Gasteiger partial charge in [-0.3, -0.25) is 4.98 Å². The van der Waals surface area contributed by atoms with Gasteiger partial charge in [0.15, 0.2) is 0 Å². The first-order chi connectivity index (χ1) is 8.83. The molecule has 3 rings (SSSR count). The minimum Gasteiger partial charge on any atom is -0.489 e. The molecule has 0 spiro atoms. The van der Waals surface area contributed by atoms with E-state index in [1.807, 2.05) is 24.3 Å². The standard InChI is InChI=1S/C14H16N2O2/c15-10-1-2-12-13(9-10)16-6-3-14(12)18-11-4-7-17-8-5-11/h1-3,6,9,11H,4-5,7-8,15H2. The predicted molar refractivity (Wildman–Crippen MR) is 70.6 cm³/mol. The zero-order chi connectivity index (χ0) is 12.4. The molecule has 1 aliphatic rings. The molecule has 4 heteroatoms. The van der Waals surface area contributed by atoms with Crippen LogP contribution in [0.25, 0.3) is 10.9 Å². The van der Waals surface area contributed by atoms with E-state index in [0.717, 1.165) is 48.4 Å². The topological polar surface area (TPSA) is 57.4 Å². The van der Waals surface area contributed by atoms with Crippen molar-refractivity contribution < 1.29 is 9.47 Å². The first-order valence-corrected chi connectivity index (χ1v) is 6.21. The molecule has 94 valence electrons. The summed E-state index contributed by atoms with van der Waals surface area (Å²) in [6.45, 7) is 1.56. The minimum absolute atomic E-state index is 0.238. The van der Waals surface area contributed by atoms with Gasteiger partial charge in [-0.25, -0.2) is 0 Å². The van der Waals surface area contributed by atoms with Crippen molar-refractivity contribution in [3.05, 3.63) is 30.5 Å². The molecule has 18 heavy (non-hydrogen) atoms. The molecule has 0 aliphatic carbocycles. The normalized spacial score (nSPS) is 16.9. The van der Waals surface area contributed by atoms with Crippen molar-refractivity contribution in [2.75, 3.05) is 18.9 Å². The molecule has 0 bridgehead atoms. The Hall–Kier alpha value is -1.81. The molecular formula is C14H16N2O2. The highest BCUT2D eigenvalue weighted by Crippen LogP contribution is 2.27. The molecule has 0 unspecified atom stereocenters. The fraction of sp³-hybridized carbons (Fsp3) is 0.357. The van der Waals surface area contributed by atoms with Crippen molar-refractivity contribution in [1.82, 2.24) is 4.98 Å². The zero-order valence-corrected chi connectivity index (χ0v) is 10.1. The second kappa shape index (κ2) is 4.82. The number of rotatable bonds is 2. The fourth-order valence-electron chi connectivity index (χ4n) is 2.22. The number of benzene rings is 1. The number of pyridine rings is 1. The number of ether oxygens (including phenoxy) is 2. The van der Waals surface area contributed by atoms with E-state index >= 15 is 0 Å². The molecule has 1 aliphatic heterocycles. The summed E-state index contributed by atoms with van der Waals surface area (Å²) < 4.78 is 11.4. The SMILES string of the molecule is Nc1ccc2c(OC3CCOCC3)ccnc2c1. The Balaban J connectivity index is 1.91. The van der Waals surface area contributed by atoms with Crippen LogP contribution in [0.1, 0.15) is 12.8 Å². The van der Waals surface area contributed by atoms with Crippen LogP contribution in [-0.2, 0) is 4.74 Å². The van der Waals surface area contributed by atoms with E-state index in [1.165, 1.54) is 0 Å². The average molecular weight is 244 g/mol. The third kappa shape index (κ3) is 2.24. The molecule has 1 aromatic heterocycles. The van der Waals surface area contributed by atoms with Crippen molar-refractivity contribution in [1.29, 1.82) is 0 Å². The van der Waals surface area contributed by atoms with E-state index in [-0.39, 0.29) is 6.10 Å². The van der Waals surface area contributed by atoms with E-state index < -0.39 is 0 Å². The molecule has 0 atom stereocenters. The van der Waals surface area contributed by atoms with E-state index in [0.29, 0.717) is 0 Å². The lowest BCUT2D eigenvalue weighted by molar-refractivity contribution is 0.0261. The Morgan fingerprint density at radius 3 is 2.89 bits per heavy atom. The lowest BCUT2D eigenvalue weighted by atomic mass is 10.1. The molecule has 1 aromatic carbocycles. The van der Waals surface area contributed by atoms with Gasteiger partial charge in [-0.2, -0.15) is 0 Å². The molecule has 0 saturated carbocycles. The van der Waals surface area contributed by atoms with Gasteiger partial charge >= 0.3 is 0 Å². The van der Waals surface area contributed by atoms with E-state index in [2.05, 4.69) is 4.98 Å². The number of aromatic nitrogens is 1. The van der Waals surface area contributed by atoms with Crippen LogP contribution in [-0.4, -0.2) is 24.3 Å². The molecule has 2 N–H and O–H groups in total. The third-order valence-corrected chi connectivity index (χ3v) is 3.19. The molecule has 2 heterocycles. The number of anilines is 1. The van der Waals surface area contributed by atoms with Gasteiger partial charge in [-0.1, -0.05) is 0 Å². The maximum absolute atomic E-state index is 6.05. The van der Waals surface area contributed by atoms with Crippen LogP contribution < -0.4 is 10.5 Å². The van der Waals surface area contributed by atoms with Crippen LogP contribution in [0, 0.1) is 0 Å². The summed E-state index contributed by atoms with van der Waals surface area (Å²) in [5, 5.41) is 1.01. The quantitative estimate of drug-likeness (QED) is 0.824. The summed E-state index contributed by atoms with van der Waals surface area (Å²) in [6, 6.07) is 7.62.